The predicted molar refractivity (Wildman–Crippen MR) is 95.9 cm³/mol. The summed E-state index contributed by atoms with van der Waals surface area (Å²) in [5, 5.41) is 3.56. The Kier molecular flexibility index (Phi) is 6.63. The largest absolute Gasteiger partial charge is 0.480 e. The zero-order chi connectivity index (χ0) is 17.5. The molecule has 126 valence electrons. The Morgan fingerprint density at radius 1 is 1.21 bits per heavy atom. The molecule has 0 fully saturated rings. The Morgan fingerprint density at radius 3 is 2.67 bits per heavy atom. The molecule has 0 radical (unpaired) electrons. The van der Waals surface area contributed by atoms with Gasteiger partial charge in [-0.2, -0.15) is 0 Å². The van der Waals surface area contributed by atoms with Crippen LogP contribution in [0, 0.1) is 0 Å². The Labute approximate surface area is 153 Å². The van der Waals surface area contributed by atoms with E-state index in [-0.39, 0.29) is 18.9 Å². The predicted octanol–water partition coefficient (Wildman–Crippen LogP) is 3.95. The number of rotatable bonds is 7. The first-order valence-electron chi connectivity index (χ1n) is 7.02. The second-order valence-corrected chi connectivity index (χ2v) is 6.03. The molecule has 24 heavy (non-hydrogen) atoms. The summed E-state index contributed by atoms with van der Waals surface area (Å²) in [5.74, 6) is -0.116. The fourth-order valence-corrected chi connectivity index (χ4v) is 2.38. The number of para-hydroxylation sites is 2. The molecule has 0 spiro atoms. The van der Waals surface area contributed by atoms with Crippen molar-refractivity contribution in [3.8, 4) is 5.75 Å². The van der Waals surface area contributed by atoms with Gasteiger partial charge in [-0.3, -0.25) is 4.79 Å². The molecule has 5 nitrogen and oxygen atoms in total. The van der Waals surface area contributed by atoms with Crippen LogP contribution in [0.25, 0.3) is 0 Å². The highest BCUT2D eigenvalue weighted by molar-refractivity contribution is 9.10. The summed E-state index contributed by atoms with van der Waals surface area (Å²) < 4.78 is 10.6. The molecule has 0 saturated heterocycles. The number of ketones is 1. The van der Waals surface area contributed by atoms with Crippen LogP contribution in [0.1, 0.15) is 10.4 Å². The van der Waals surface area contributed by atoms with Crippen LogP contribution in [-0.2, 0) is 9.53 Å². The van der Waals surface area contributed by atoms with E-state index in [4.69, 9.17) is 16.3 Å². The lowest BCUT2D eigenvalue weighted by molar-refractivity contribution is -0.142. The Hall–Kier alpha value is -2.05. The average Bonchev–Trinajstić information content (AvgIpc) is 2.60. The molecule has 0 atom stereocenters. The van der Waals surface area contributed by atoms with Crippen molar-refractivity contribution in [1.82, 2.24) is 0 Å². The van der Waals surface area contributed by atoms with E-state index in [1.54, 1.807) is 42.5 Å². The summed E-state index contributed by atoms with van der Waals surface area (Å²) in [7, 11) is 1.29. The quantitative estimate of drug-likeness (QED) is 0.551. The maximum Gasteiger partial charge on any atom is 0.343 e. The highest BCUT2D eigenvalue weighted by Crippen LogP contribution is 2.25. The Bertz CT molecular complexity index is 751. The van der Waals surface area contributed by atoms with E-state index in [1.165, 1.54) is 7.11 Å². The van der Waals surface area contributed by atoms with E-state index < -0.39 is 5.97 Å². The molecule has 0 saturated carbocycles. The van der Waals surface area contributed by atoms with Crippen molar-refractivity contribution in [2.45, 2.75) is 0 Å². The minimum absolute atomic E-state index is 0.0761. The van der Waals surface area contributed by atoms with Crippen LogP contribution in [0.4, 0.5) is 5.69 Å². The van der Waals surface area contributed by atoms with E-state index >= 15 is 0 Å². The third kappa shape index (κ3) is 4.97. The topological polar surface area (TPSA) is 64.6 Å². The van der Waals surface area contributed by atoms with Crippen LogP contribution >= 0.6 is 27.5 Å². The first-order chi connectivity index (χ1) is 11.5. The highest BCUT2D eigenvalue weighted by atomic mass is 79.9. The van der Waals surface area contributed by atoms with E-state index in [0.717, 1.165) is 0 Å². The summed E-state index contributed by atoms with van der Waals surface area (Å²) in [4.78, 5) is 23.4. The summed E-state index contributed by atoms with van der Waals surface area (Å²) >= 11 is 9.22. The van der Waals surface area contributed by atoms with Gasteiger partial charge in [0.2, 0.25) is 0 Å². The van der Waals surface area contributed by atoms with Gasteiger partial charge in [-0.15, -0.1) is 0 Å². The molecule has 2 rings (SSSR count). The maximum atomic E-state index is 12.3. The molecule has 0 aliphatic heterocycles. The number of ether oxygens (including phenoxy) is 2. The average molecular weight is 413 g/mol. The number of hydrogen-bond donors (Lipinski definition) is 1. The van der Waals surface area contributed by atoms with E-state index in [1.807, 2.05) is 0 Å². The first kappa shape index (κ1) is 18.3. The SMILES string of the molecule is COC(=O)COc1ccccc1NCC(=O)c1ccc(Cl)c(Br)c1. The van der Waals surface area contributed by atoms with Crippen LogP contribution in [0.5, 0.6) is 5.75 Å². The molecule has 0 amide bonds. The Balaban J connectivity index is 2.02. The summed E-state index contributed by atoms with van der Waals surface area (Å²) in [5.41, 5.74) is 1.15. The third-order valence-electron chi connectivity index (χ3n) is 3.14. The minimum atomic E-state index is -0.480. The molecule has 0 bridgehead atoms. The van der Waals surface area contributed by atoms with Crippen LogP contribution in [-0.4, -0.2) is 32.0 Å². The van der Waals surface area contributed by atoms with Crippen molar-refractivity contribution in [1.29, 1.82) is 0 Å². The lowest BCUT2D eigenvalue weighted by Crippen LogP contribution is -2.16. The van der Waals surface area contributed by atoms with Crippen LogP contribution in [0.15, 0.2) is 46.9 Å². The van der Waals surface area contributed by atoms with E-state index in [9.17, 15) is 9.59 Å². The number of anilines is 1. The second-order valence-electron chi connectivity index (χ2n) is 4.77. The maximum absolute atomic E-state index is 12.3. The third-order valence-corrected chi connectivity index (χ3v) is 4.36. The van der Waals surface area contributed by atoms with Gasteiger partial charge >= 0.3 is 5.97 Å². The van der Waals surface area contributed by atoms with Crippen molar-refractivity contribution in [3.05, 3.63) is 57.5 Å². The van der Waals surface area contributed by atoms with Gasteiger partial charge in [-0.1, -0.05) is 23.7 Å². The summed E-state index contributed by atoms with van der Waals surface area (Å²) in [6, 6.07) is 12.0. The van der Waals surface area contributed by atoms with Gasteiger partial charge in [-0.25, -0.2) is 4.79 Å². The zero-order valence-corrected chi connectivity index (χ0v) is 15.2. The van der Waals surface area contributed by atoms with Crippen LogP contribution in [0.2, 0.25) is 5.02 Å². The molecule has 7 heteroatoms. The number of benzene rings is 2. The lowest BCUT2D eigenvalue weighted by Gasteiger charge is -2.12. The van der Waals surface area contributed by atoms with Crippen molar-refractivity contribution < 1.29 is 19.1 Å². The molecule has 2 aromatic carbocycles. The molecule has 0 aliphatic carbocycles. The van der Waals surface area contributed by atoms with Gasteiger partial charge in [-0.05, 0) is 46.3 Å². The number of carbonyl (C=O) groups is 2. The summed E-state index contributed by atoms with van der Waals surface area (Å²) in [6.45, 7) is -0.125. The standard InChI is InChI=1S/C17H15BrClNO4/c1-23-17(22)10-24-16-5-3-2-4-14(16)20-9-15(21)11-6-7-13(19)12(18)8-11/h2-8,20H,9-10H2,1H3. The minimum Gasteiger partial charge on any atom is -0.480 e. The molecular weight excluding hydrogens is 398 g/mol. The molecule has 0 aliphatic rings. The smallest absolute Gasteiger partial charge is 0.343 e. The van der Waals surface area contributed by atoms with Crippen molar-refractivity contribution >= 4 is 45.0 Å². The summed E-state index contributed by atoms with van der Waals surface area (Å²) in [6.07, 6.45) is 0. The molecule has 0 unspecified atom stereocenters. The first-order valence-corrected chi connectivity index (χ1v) is 8.19. The number of methoxy groups -OCH3 is 1. The monoisotopic (exact) mass is 411 g/mol. The van der Waals surface area contributed by atoms with Crippen molar-refractivity contribution in [2.24, 2.45) is 0 Å². The number of esters is 1. The van der Waals surface area contributed by atoms with Gasteiger partial charge in [0.1, 0.15) is 5.75 Å². The normalized spacial score (nSPS) is 10.1. The Morgan fingerprint density at radius 2 is 1.96 bits per heavy atom. The van der Waals surface area contributed by atoms with E-state index in [0.29, 0.717) is 26.5 Å². The lowest BCUT2D eigenvalue weighted by atomic mass is 10.1. The van der Waals surface area contributed by atoms with Crippen molar-refractivity contribution in [3.63, 3.8) is 0 Å². The fraction of sp³-hybridized carbons (Fsp3) is 0.176. The number of hydrogen-bond acceptors (Lipinski definition) is 5. The highest BCUT2D eigenvalue weighted by Gasteiger charge is 2.10. The molecular formula is C17H15BrClNO4. The van der Waals surface area contributed by atoms with Gasteiger partial charge in [0.05, 0.1) is 24.4 Å². The molecule has 1 N–H and O–H groups in total. The van der Waals surface area contributed by atoms with Crippen LogP contribution < -0.4 is 10.1 Å². The van der Waals surface area contributed by atoms with Gasteiger partial charge < -0.3 is 14.8 Å². The number of Topliss-reactive ketones (excluding diaryl/α,β-unsaturated/α-hetero) is 1. The van der Waals surface area contributed by atoms with Crippen LogP contribution in [0.3, 0.4) is 0 Å². The molecule has 0 heterocycles. The van der Waals surface area contributed by atoms with Gasteiger partial charge in [0.25, 0.3) is 0 Å². The molecule has 0 aromatic heterocycles. The number of nitrogens with one attached hydrogen (secondary N) is 1. The van der Waals surface area contributed by atoms with Crippen molar-refractivity contribution in [2.75, 3.05) is 25.6 Å². The number of halogens is 2. The number of carbonyl (C=O) groups excluding carboxylic acids is 2. The zero-order valence-electron chi connectivity index (χ0n) is 12.8. The fourth-order valence-electron chi connectivity index (χ4n) is 1.88. The van der Waals surface area contributed by atoms with Gasteiger partial charge in [0, 0.05) is 10.0 Å². The van der Waals surface area contributed by atoms with Gasteiger partial charge in [0.15, 0.2) is 12.4 Å². The van der Waals surface area contributed by atoms with E-state index in [2.05, 4.69) is 26.0 Å². The molecule has 2 aromatic rings. The second kappa shape index (κ2) is 8.70.